The van der Waals surface area contributed by atoms with Gasteiger partial charge in [0.15, 0.2) is 5.78 Å². The summed E-state index contributed by atoms with van der Waals surface area (Å²) in [6, 6.07) is 11.9. The first kappa shape index (κ1) is 13.5. The van der Waals surface area contributed by atoms with Gasteiger partial charge in [-0.2, -0.15) is 0 Å². The molecule has 0 bridgehead atoms. The molecule has 0 atom stereocenters. The van der Waals surface area contributed by atoms with Gasteiger partial charge in [0.05, 0.1) is 11.4 Å². The van der Waals surface area contributed by atoms with E-state index in [0.29, 0.717) is 6.54 Å². The summed E-state index contributed by atoms with van der Waals surface area (Å²) in [5.41, 5.74) is 1.19. The molecule has 0 radical (unpaired) electrons. The van der Waals surface area contributed by atoms with E-state index >= 15 is 0 Å². The molecule has 2 aromatic rings. The van der Waals surface area contributed by atoms with Crippen LogP contribution in [0.4, 0.5) is 0 Å². The smallest absolute Gasteiger partial charge is 0.186 e. The standard InChI is InChI=1S/C14H14BrNOS/c1-16(9-11-5-2-3-6-12(11)15)10-13(17)14-7-4-8-18-14/h2-8H,9-10H2,1H3. The summed E-state index contributed by atoms with van der Waals surface area (Å²) < 4.78 is 1.08. The van der Waals surface area contributed by atoms with Crippen LogP contribution in [0.25, 0.3) is 0 Å². The van der Waals surface area contributed by atoms with Gasteiger partial charge in [-0.3, -0.25) is 9.69 Å². The Kier molecular flexibility index (Phi) is 4.69. The second-order valence-electron chi connectivity index (χ2n) is 4.16. The number of nitrogens with zero attached hydrogens (tertiary/aromatic N) is 1. The van der Waals surface area contributed by atoms with Crippen molar-refractivity contribution in [3.05, 3.63) is 56.7 Å². The predicted molar refractivity (Wildman–Crippen MR) is 79.1 cm³/mol. The van der Waals surface area contributed by atoms with Crippen LogP contribution in [-0.2, 0) is 6.54 Å². The number of Topliss-reactive ketones (excluding diaryl/α,β-unsaturated/α-hetero) is 1. The number of likely N-dealkylation sites (N-methyl/N-ethyl adjacent to an activating group) is 1. The van der Waals surface area contributed by atoms with Gasteiger partial charge in [-0.05, 0) is 30.1 Å². The SMILES string of the molecule is CN(CC(=O)c1cccs1)Cc1ccccc1Br. The lowest BCUT2D eigenvalue weighted by molar-refractivity contribution is 0.0947. The highest BCUT2D eigenvalue weighted by Crippen LogP contribution is 2.17. The maximum absolute atomic E-state index is 11.9. The summed E-state index contributed by atoms with van der Waals surface area (Å²) in [7, 11) is 1.96. The normalized spacial score (nSPS) is 10.8. The lowest BCUT2D eigenvalue weighted by Crippen LogP contribution is -2.25. The fraction of sp³-hybridized carbons (Fsp3) is 0.214. The van der Waals surface area contributed by atoms with Crippen molar-refractivity contribution in [2.45, 2.75) is 6.54 Å². The summed E-state index contributed by atoms with van der Waals surface area (Å²) in [6.45, 7) is 1.21. The zero-order valence-corrected chi connectivity index (χ0v) is 12.5. The van der Waals surface area contributed by atoms with E-state index in [4.69, 9.17) is 0 Å². The Hall–Kier alpha value is -0.970. The molecule has 0 aliphatic heterocycles. The van der Waals surface area contributed by atoms with Crippen LogP contribution >= 0.6 is 27.3 Å². The van der Waals surface area contributed by atoms with Crippen molar-refractivity contribution in [2.75, 3.05) is 13.6 Å². The molecule has 0 saturated heterocycles. The zero-order valence-electron chi connectivity index (χ0n) is 10.1. The first-order valence-corrected chi connectivity index (χ1v) is 7.33. The van der Waals surface area contributed by atoms with Gasteiger partial charge in [0, 0.05) is 11.0 Å². The Morgan fingerprint density at radius 3 is 2.72 bits per heavy atom. The van der Waals surface area contributed by atoms with Crippen LogP contribution in [0.2, 0.25) is 0 Å². The molecule has 0 amide bonds. The fourth-order valence-corrected chi connectivity index (χ4v) is 2.80. The molecular formula is C14H14BrNOS. The third-order valence-corrected chi connectivity index (χ3v) is 4.29. The Bertz CT molecular complexity index is 524. The van der Waals surface area contributed by atoms with Crippen molar-refractivity contribution in [3.63, 3.8) is 0 Å². The van der Waals surface area contributed by atoms with Gasteiger partial charge in [-0.1, -0.05) is 40.2 Å². The molecule has 0 aliphatic rings. The molecule has 0 N–H and O–H groups in total. The van der Waals surface area contributed by atoms with E-state index in [1.54, 1.807) is 0 Å². The quantitative estimate of drug-likeness (QED) is 0.779. The maximum Gasteiger partial charge on any atom is 0.186 e. The average molecular weight is 324 g/mol. The molecule has 0 fully saturated rings. The van der Waals surface area contributed by atoms with Gasteiger partial charge >= 0.3 is 0 Å². The van der Waals surface area contributed by atoms with Crippen molar-refractivity contribution < 1.29 is 4.79 Å². The van der Waals surface area contributed by atoms with Crippen LogP contribution in [0.1, 0.15) is 15.2 Å². The van der Waals surface area contributed by atoms with Gasteiger partial charge in [0.2, 0.25) is 0 Å². The minimum atomic E-state index is 0.180. The van der Waals surface area contributed by atoms with E-state index in [9.17, 15) is 4.79 Å². The van der Waals surface area contributed by atoms with Crippen molar-refractivity contribution >= 4 is 33.0 Å². The highest BCUT2D eigenvalue weighted by Gasteiger charge is 2.11. The maximum atomic E-state index is 11.9. The third kappa shape index (κ3) is 3.51. The molecule has 0 aliphatic carbocycles. The highest BCUT2D eigenvalue weighted by atomic mass is 79.9. The minimum Gasteiger partial charge on any atom is -0.295 e. The summed E-state index contributed by atoms with van der Waals surface area (Å²) in [4.78, 5) is 14.8. The second-order valence-corrected chi connectivity index (χ2v) is 5.97. The van der Waals surface area contributed by atoms with E-state index in [2.05, 4.69) is 22.0 Å². The molecule has 2 nitrogen and oxygen atoms in total. The molecular weight excluding hydrogens is 310 g/mol. The van der Waals surface area contributed by atoms with Gasteiger partial charge in [0.25, 0.3) is 0 Å². The lowest BCUT2D eigenvalue weighted by Gasteiger charge is -2.16. The van der Waals surface area contributed by atoms with Gasteiger partial charge in [0.1, 0.15) is 0 Å². The predicted octanol–water partition coefficient (Wildman–Crippen LogP) is 3.83. The number of ketones is 1. The van der Waals surface area contributed by atoms with E-state index in [1.165, 1.54) is 16.9 Å². The monoisotopic (exact) mass is 323 g/mol. The average Bonchev–Trinajstić information content (AvgIpc) is 2.85. The Morgan fingerprint density at radius 1 is 1.28 bits per heavy atom. The Morgan fingerprint density at radius 2 is 2.06 bits per heavy atom. The number of carbonyl (C=O) groups is 1. The topological polar surface area (TPSA) is 20.3 Å². The summed E-state index contributed by atoms with van der Waals surface area (Å²) in [5.74, 6) is 0.180. The highest BCUT2D eigenvalue weighted by molar-refractivity contribution is 9.10. The summed E-state index contributed by atoms with van der Waals surface area (Å²) in [5, 5.41) is 1.93. The molecule has 0 saturated carbocycles. The Labute approximate surface area is 119 Å². The van der Waals surface area contributed by atoms with Crippen LogP contribution in [0.15, 0.2) is 46.3 Å². The molecule has 0 spiro atoms. The summed E-state index contributed by atoms with van der Waals surface area (Å²) in [6.07, 6.45) is 0. The third-order valence-electron chi connectivity index (χ3n) is 2.61. The molecule has 4 heteroatoms. The molecule has 1 aromatic carbocycles. The number of hydrogen-bond acceptors (Lipinski definition) is 3. The molecule has 1 heterocycles. The fourth-order valence-electron chi connectivity index (χ4n) is 1.73. The van der Waals surface area contributed by atoms with Crippen molar-refractivity contribution in [1.82, 2.24) is 4.90 Å². The van der Waals surface area contributed by atoms with Gasteiger partial charge in [-0.15, -0.1) is 11.3 Å². The van der Waals surface area contributed by atoms with Gasteiger partial charge in [-0.25, -0.2) is 0 Å². The van der Waals surface area contributed by atoms with Gasteiger partial charge < -0.3 is 0 Å². The van der Waals surface area contributed by atoms with Crippen molar-refractivity contribution in [3.8, 4) is 0 Å². The largest absolute Gasteiger partial charge is 0.295 e. The molecule has 18 heavy (non-hydrogen) atoms. The number of thiophene rings is 1. The zero-order chi connectivity index (χ0) is 13.0. The molecule has 2 rings (SSSR count). The van der Waals surface area contributed by atoms with Crippen molar-refractivity contribution in [2.24, 2.45) is 0 Å². The number of rotatable bonds is 5. The van der Waals surface area contributed by atoms with Crippen LogP contribution in [-0.4, -0.2) is 24.3 Å². The Balaban J connectivity index is 1.95. The second kappa shape index (κ2) is 6.27. The molecule has 1 aromatic heterocycles. The molecule has 0 unspecified atom stereocenters. The first-order valence-electron chi connectivity index (χ1n) is 5.65. The van der Waals surface area contributed by atoms with Crippen LogP contribution < -0.4 is 0 Å². The molecule has 94 valence electrons. The number of hydrogen-bond donors (Lipinski definition) is 0. The van der Waals surface area contributed by atoms with E-state index in [0.717, 1.165) is 15.9 Å². The minimum absolute atomic E-state index is 0.180. The number of carbonyl (C=O) groups excluding carboxylic acids is 1. The van der Waals surface area contributed by atoms with E-state index in [-0.39, 0.29) is 5.78 Å². The van der Waals surface area contributed by atoms with E-state index in [1.807, 2.05) is 47.7 Å². The number of halogens is 1. The number of benzene rings is 1. The van der Waals surface area contributed by atoms with Crippen molar-refractivity contribution in [1.29, 1.82) is 0 Å². The lowest BCUT2D eigenvalue weighted by atomic mass is 10.2. The van der Waals surface area contributed by atoms with E-state index < -0.39 is 0 Å². The van der Waals surface area contributed by atoms with Crippen LogP contribution in [0.3, 0.4) is 0 Å². The van der Waals surface area contributed by atoms with Crippen LogP contribution in [0, 0.1) is 0 Å². The van der Waals surface area contributed by atoms with Crippen LogP contribution in [0.5, 0.6) is 0 Å². The summed E-state index contributed by atoms with van der Waals surface area (Å²) >= 11 is 5.02. The first-order chi connectivity index (χ1) is 8.66.